The maximum Gasteiger partial charge on any atom is 0.311 e. The molecule has 0 radical (unpaired) electrons. The molecule has 118 valence electrons. The molecule has 0 saturated carbocycles. The van der Waals surface area contributed by atoms with E-state index >= 15 is 0 Å². The standard InChI is InChI=1S/C17H24F2O2/c1-2-3-4-5-6-7-8-9-15(17(20)21)14-11-10-13(18)12-16(14)19/h10-12,15H,2-9H2,1H3,(H,20,21). The highest BCUT2D eigenvalue weighted by molar-refractivity contribution is 5.76. The summed E-state index contributed by atoms with van der Waals surface area (Å²) in [5.41, 5.74) is 0.0786. The predicted octanol–water partition coefficient (Wildman–Crippen LogP) is 5.27. The van der Waals surface area contributed by atoms with Gasteiger partial charge in [0.1, 0.15) is 11.6 Å². The number of unbranched alkanes of at least 4 members (excludes halogenated alkanes) is 6. The maximum absolute atomic E-state index is 13.7. The van der Waals surface area contributed by atoms with Crippen molar-refractivity contribution < 1.29 is 18.7 Å². The summed E-state index contributed by atoms with van der Waals surface area (Å²) < 4.78 is 26.6. The van der Waals surface area contributed by atoms with Crippen LogP contribution in [0.3, 0.4) is 0 Å². The van der Waals surface area contributed by atoms with Gasteiger partial charge in [-0.05, 0) is 12.5 Å². The van der Waals surface area contributed by atoms with Gasteiger partial charge in [-0.25, -0.2) is 8.78 Å². The van der Waals surface area contributed by atoms with Crippen LogP contribution in [0.1, 0.15) is 69.8 Å². The highest BCUT2D eigenvalue weighted by atomic mass is 19.1. The lowest BCUT2D eigenvalue weighted by Crippen LogP contribution is -2.13. The summed E-state index contributed by atoms with van der Waals surface area (Å²) >= 11 is 0. The lowest BCUT2D eigenvalue weighted by Gasteiger charge is -2.13. The predicted molar refractivity (Wildman–Crippen MR) is 79.3 cm³/mol. The molecule has 0 aliphatic carbocycles. The topological polar surface area (TPSA) is 37.3 Å². The fraction of sp³-hybridized carbons (Fsp3) is 0.588. The summed E-state index contributed by atoms with van der Waals surface area (Å²) in [4.78, 5) is 11.3. The molecule has 1 rings (SSSR count). The van der Waals surface area contributed by atoms with E-state index in [0.29, 0.717) is 6.42 Å². The smallest absolute Gasteiger partial charge is 0.311 e. The van der Waals surface area contributed by atoms with E-state index in [2.05, 4.69) is 6.92 Å². The van der Waals surface area contributed by atoms with Crippen LogP contribution < -0.4 is 0 Å². The van der Waals surface area contributed by atoms with Crippen LogP contribution in [0.15, 0.2) is 18.2 Å². The Labute approximate surface area is 125 Å². The number of carboxylic acids is 1. The Morgan fingerprint density at radius 3 is 2.29 bits per heavy atom. The van der Waals surface area contributed by atoms with Gasteiger partial charge >= 0.3 is 5.97 Å². The van der Waals surface area contributed by atoms with E-state index in [9.17, 15) is 18.7 Å². The molecule has 21 heavy (non-hydrogen) atoms. The first-order chi connectivity index (χ1) is 10.1. The fourth-order valence-corrected chi connectivity index (χ4v) is 2.50. The lowest BCUT2D eigenvalue weighted by atomic mass is 9.92. The van der Waals surface area contributed by atoms with E-state index in [0.717, 1.165) is 37.8 Å². The van der Waals surface area contributed by atoms with Gasteiger partial charge in [0.2, 0.25) is 0 Å². The third-order valence-electron chi connectivity index (χ3n) is 3.73. The summed E-state index contributed by atoms with van der Waals surface area (Å²) in [5, 5.41) is 9.23. The van der Waals surface area contributed by atoms with E-state index < -0.39 is 23.5 Å². The Balaban J connectivity index is 2.46. The van der Waals surface area contributed by atoms with Crippen molar-refractivity contribution in [3.05, 3.63) is 35.4 Å². The summed E-state index contributed by atoms with van der Waals surface area (Å²) in [6.45, 7) is 2.16. The monoisotopic (exact) mass is 298 g/mol. The Bertz CT molecular complexity index is 446. The zero-order valence-electron chi connectivity index (χ0n) is 12.6. The van der Waals surface area contributed by atoms with E-state index in [1.165, 1.54) is 25.3 Å². The number of aliphatic carboxylic acids is 1. The van der Waals surface area contributed by atoms with E-state index in [1.54, 1.807) is 0 Å². The highest BCUT2D eigenvalue weighted by Gasteiger charge is 2.22. The number of halogens is 2. The second kappa shape index (κ2) is 9.48. The molecule has 1 atom stereocenters. The van der Waals surface area contributed by atoms with Gasteiger partial charge in [-0.3, -0.25) is 4.79 Å². The second-order valence-electron chi connectivity index (χ2n) is 5.47. The number of carbonyl (C=O) groups is 1. The van der Waals surface area contributed by atoms with Crippen LogP contribution >= 0.6 is 0 Å². The normalized spacial score (nSPS) is 12.3. The van der Waals surface area contributed by atoms with Crippen LogP contribution in [0.5, 0.6) is 0 Å². The van der Waals surface area contributed by atoms with Crippen molar-refractivity contribution in [2.75, 3.05) is 0 Å². The molecule has 0 aromatic heterocycles. The first-order valence-electron chi connectivity index (χ1n) is 7.74. The summed E-state index contributed by atoms with van der Waals surface area (Å²) in [5.74, 6) is -3.39. The van der Waals surface area contributed by atoms with Crippen molar-refractivity contribution >= 4 is 5.97 Å². The molecule has 0 heterocycles. The Hall–Kier alpha value is -1.45. The first kappa shape index (κ1) is 17.6. The number of benzene rings is 1. The van der Waals surface area contributed by atoms with E-state index in [4.69, 9.17) is 0 Å². The van der Waals surface area contributed by atoms with Crippen LogP contribution in [-0.4, -0.2) is 11.1 Å². The minimum Gasteiger partial charge on any atom is -0.481 e. The third kappa shape index (κ3) is 6.23. The Kier molecular flexibility index (Phi) is 7.95. The van der Waals surface area contributed by atoms with Crippen LogP contribution in [0.4, 0.5) is 8.78 Å². The van der Waals surface area contributed by atoms with Crippen molar-refractivity contribution in [1.29, 1.82) is 0 Å². The van der Waals surface area contributed by atoms with E-state index in [1.807, 2.05) is 0 Å². The maximum atomic E-state index is 13.7. The third-order valence-corrected chi connectivity index (χ3v) is 3.73. The number of hydrogen-bond acceptors (Lipinski definition) is 1. The van der Waals surface area contributed by atoms with Gasteiger partial charge in [0, 0.05) is 11.6 Å². The largest absolute Gasteiger partial charge is 0.481 e. The molecule has 0 amide bonds. The van der Waals surface area contributed by atoms with Crippen molar-refractivity contribution in [2.45, 2.75) is 64.2 Å². The number of carboxylic acid groups (broad SMARTS) is 1. The van der Waals surface area contributed by atoms with Gasteiger partial charge in [0.05, 0.1) is 5.92 Å². The minimum absolute atomic E-state index is 0.0786. The molecule has 0 saturated heterocycles. The summed E-state index contributed by atoms with van der Waals surface area (Å²) in [7, 11) is 0. The van der Waals surface area contributed by atoms with Gasteiger partial charge in [-0.2, -0.15) is 0 Å². The lowest BCUT2D eigenvalue weighted by molar-refractivity contribution is -0.139. The number of rotatable bonds is 10. The Morgan fingerprint density at radius 1 is 1.10 bits per heavy atom. The highest BCUT2D eigenvalue weighted by Crippen LogP contribution is 2.26. The molecule has 0 fully saturated rings. The average molecular weight is 298 g/mol. The molecule has 2 nitrogen and oxygen atoms in total. The summed E-state index contributed by atoms with van der Waals surface area (Å²) in [6, 6.07) is 3.10. The molecular weight excluding hydrogens is 274 g/mol. The van der Waals surface area contributed by atoms with E-state index in [-0.39, 0.29) is 5.56 Å². The average Bonchev–Trinajstić information content (AvgIpc) is 2.43. The van der Waals surface area contributed by atoms with Crippen LogP contribution in [0, 0.1) is 11.6 Å². The molecule has 1 unspecified atom stereocenters. The molecule has 1 N–H and O–H groups in total. The first-order valence-corrected chi connectivity index (χ1v) is 7.74. The molecule has 0 bridgehead atoms. The van der Waals surface area contributed by atoms with Gasteiger partial charge < -0.3 is 5.11 Å². The second-order valence-corrected chi connectivity index (χ2v) is 5.47. The summed E-state index contributed by atoms with van der Waals surface area (Å²) in [6.07, 6.45) is 7.99. The van der Waals surface area contributed by atoms with Crippen molar-refractivity contribution in [3.63, 3.8) is 0 Å². The van der Waals surface area contributed by atoms with Crippen molar-refractivity contribution in [2.24, 2.45) is 0 Å². The molecule has 4 heteroatoms. The molecular formula is C17H24F2O2. The molecule has 0 aliphatic heterocycles. The van der Waals surface area contributed by atoms with Gasteiger partial charge in [-0.15, -0.1) is 0 Å². The van der Waals surface area contributed by atoms with Crippen LogP contribution in [-0.2, 0) is 4.79 Å². The van der Waals surface area contributed by atoms with Crippen molar-refractivity contribution in [3.8, 4) is 0 Å². The zero-order valence-corrected chi connectivity index (χ0v) is 12.6. The zero-order chi connectivity index (χ0) is 15.7. The van der Waals surface area contributed by atoms with Gasteiger partial charge in [0.25, 0.3) is 0 Å². The van der Waals surface area contributed by atoms with Crippen LogP contribution in [0.25, 0.3) is 0 Å². The Morgan fingerprint density at radius 2 is 1.71 bits per heavy atom. The van der Waals surface area contributed by atoms with Crippen molar-refractivity contribution in [1.82, 2.24) is 0 Å². The van der Waals surface area contributed by atoms with Crippen LogP contribution in [0.2, 0.25) is 0 Å². The fourth-order valence-electron chi connectivity index (χ4n) is 2.50. The quantitative estimate of drug-likeness (QED) is 0.597. The molecule has 0 spiro atoms. The number of hydrogen-bond donors (Lipinski definition) is 1. The molecule has 1 aromatic rings. The van der Waals surface area contributed by atoms with Gasteiger partial charge in [0.15, 0.2) is 0 Å². The van der Waals surface area contributed by atoms with Gasteiger partial charge in [-0.1, -0.05) is 57.9 Å². The molecule has 0 aliphatic rings. The molecule has 1 aromatic carbocycles. The minimum atomic E-state index is -1.05. The SMILES string of the molecule is CCCCCCCCCC(C(=O)O)c1ccc(F)cc1F.